The van der Waals surface area contributed by atoms with Crippen molar-refractivity contribution in [2.24, 2.45) is 27.9 Å². The Morgan fingerprint density at radius 3 is 2.05 bits per heavy atom. The van der Waals surface area contributed by atoms with Gasteiger partial charge in [-0.2, -0.15) is 0 Å². The Labute approximate surface area is 235 Å². The van der Waals surface area contributed by atoms with E-state index < -0.39 is 41.9 Å². The molecule has 11 nitrogen and oxygen atoms in total. The number of rotatable bonds is 16. The van der Waals surface area contributed by atoms with E-state index in [0.717, 1.165) is 16.0 Å². The standard InChI is InChI=1S/C29H41N7O4/c1-20(30)26(38)35-25(18-22-12-6-3-7-13-22)28(40)36(23(19-37)15-9-17-34-29(32)33)27(39)24(31)16-8-14-21-10-4-2-5-11-21/h2-7,10-13,19-20,23-25H,8-9,14-18,30-31H2,1H3,(H,35,38)(H4,32,33,34)/t20?,23-,24+,25?/m0/s1. The van der Waals surface area contributed by atoms with Crippen molar-refractivity contribution >= 4 is 30.0 Å². The van der Waals surface area contributed by atoms with Crippen LogP contribution in [0.2, 0.25) is 0 Å². The molecule has 2 unspecified atom stereocenters. The molecule has 2 aromatic carbocycles. The van der Waals surface area contributed by atoms with E-state index in [1.165, 1.54) is 6.92 Å². The summed E-state index contributed by atoms with van der Waals surface area (Å²) in [6, 6.07) is 14.6. The molecule has 0 bridgehead atoms. The zero-order chi connectivity index (χ0) is 29.5. The van der Waals surface area contributed by atoms with E-state index in [1.807, 2.05) is 36.4 Å². The van der Waals surface area contributed by atoms with Crippen molar-refractivity contribution in [2.45, 2.75) is 69.6 Å². The first kappa shape index (κ1) is 32.1. The molecule has 0 aliphatic heterocycles. The van der Waals surface area contributed by atoms with Crippen molar-refractivity contribution in [1.82, 2.24) is 10.2 Å². The van der Waals surface area contributed by atoms with E-state index in [0.29, 0.717) is 32.0 Å². The summed E-state index contributed by atoms with van der Waals surface area (Å²) < 4.78 is 0. The summed E-state index contributed by atoms with van der Waals surface area (Å²) in [6.45, 7) is 1.70. The summed E-state index contributed by atoms with van der Waals surface area (Å²) in [5.41, 5.74) is 24.6. The highest BCUT2D eigenvalue weighted by Crippen LogP contribution is 2.15. The van der Waals surface area contributed by atoms with Gasteiger partial charge in [0, 0.05) is 13.0 Å². The van der Waals surface area contributed by atoms with Crippen molar-refractivity contribution in [2.75, 3.05) is 6.54 Å². The average Bonchev–Trinajstić information content (AvgIpc) is 2.94. The first-order valence-electron chi connectivity index (χ1n) is 13.4. The number of hydrogen-bond acceptors (Lipinski definition) is 7. The smallest absolute Gasteiger partial charge is 0.252 e. The molecule has 0 fully saturated rings. The van der Waals surface area contributed by atoms with Crippen LogP contribution in [0.15, 0.2) is 65.7 Å². The third kappa shape index (κ3) is 10.6. The molecule has 0 aliphatic carbocycles. The lowest BCUT2D eigenvalue weighted by Gasteiger charge is -2.32. The van der Waals surface area contributed by atoms with Crippen LogP contribution < -0.4 is 28.3 Å². The Morgan fingerprint density at radius 1 is 0.900 bits per heavy atom. The van der Waals surface area contributed by atoms with Crippen LogP contribution in [-0.2, 0) is 32.0 Å². The van der Waals surface area contributed by atoms with Crippen LogP contribution in [0, 0.1) is 0 Å². The number of guanidine groups is 1. The fraction of sp³-hybridized carbons (Fsp3) is 0.414. The fourth-order valence-corrected chi connectivity index (χ4v) is 4.20. The number of benzene rings is 2. The molecule has 2 rings (SSSR count). The molecular formula is C29H41N7O4. The second kappa shape index (κ2) is 16.8. The van der Waals surface area contributed by atoms with Gasteiger partial charge in [0.15, 0.2) is 5.96 Å². The molecule has 40 heavy (non-hydrogen) atoms. The normalized spacial score (nSPS) is 13.8. The summed E-state index contributed by atoms with van der Waals surface area (Å²) in [5.74, 6) is -2.09. The zero-order valence-corrected chi connectivity index (χ0v) is 22.9. The number of nitrogens with zero attached hydrogens (tertiary/aromatic N) is 2. The number of aldehydes is 1. The van der Waals surface area contributed by atoms with Crippen LogP contribution in [-0.4, -0.2) is 65.6 Å². The van der Waals surface area contributed by atoms with Gasteiger partial charge in [0.2, 0.25) is 11.8 Å². The lowest BCUT2D eigenvalue weighted by atomic mass is 10.00. The van der Waals surface area contributed by atoms with Gasteiger partial charge in [0.25, 0.3) is 5.91 Å². The van der Waals surface area contributed by atoms with Gasteiger partial charge in [-0.05, 0) is 50.2 Å². The highest BCUT2D eigenvalue weighted by Gasteiger charge is 2.37. The largest absolute Gasteiger partial charge is 0.370 e. The van der Waals surface area contributed by atoms with Gasteiger partial charge in [-0.1, -0.05) is 60.7 Å². The molecule has 4 atom stereocenters. The molecule has 11 heteroatoms. The van der Waals surface area contributed by atoms with Crippen LogP contribution >= 0.6 is 0 Å². The Kier molecular flexibility index (Phi) is 13.5. The average molecular weight is 552 g/mol. The van der Waals surface area contributed by atoms with Gasteiger partial charge < -0.3 is 33.0 Å². The first-order chi connectivity index (χ1) is 19.1. The molecule has 2 aromatic rings. The lowest BCUT2D eigenvalue weighted by Crippen LogP contribution is -2.59. The Bertz CT molecular complexity index is 1120. The lowest BCUT2D eigenvalue weighted by molar-refractivity contribution is -0.152. The summed E-state index contributed by atoms with van der Waals surface area (Å²) in [4.78, 5) is 57.2. The van der Waals surface area contributed by atoms with Gasteiger partial charge in [-0.25, -0.2) is 0 Å². The van der Waals surface area contributed by atoms with Gasteiger partial charge in [0.05, 0.1) is 18.1 Å². The molecule has 0 saturated carbocycles. The maximum atomic E-state index is 14.0. The highest BCUT2D eigenvalue weighted by molar-refractivity contribution is 6.03. The van der Waals surface area contributed by atoms with Crippen molar-refractivity contribution in [3.8, 4) is 0 Å². The molecule has 0 saturated heterocycles. The minimum Gasteiger partial charge on any atom is -0.370 e. The SMILES string of the molecule is CC(N)C(=O)NC(Cc1ccccc1)C(=O)N(C(=O)[C@H](N)CCCc1ccccc1)[C@H](C=O)CCCN=C(N)N. The summed E-state index contributed by atoms with van der Waals surface area (Å²) in [6.07, 6.45) is 2.67. The molecule has 0 heterocycles. The first-order valence-corrected chi connectivity index (χ1v) is 13.4. The monoisotopic (exact) mass is 551 g/mol. The number of carbonyl (C=O) groups is 4. The second-order valence-corrected chi connectivity index (χ2v) is 9.72. The van der Waals surface area contributed by atoms with E-state index in [9.17, 15) is 19.2 Å². The van der Waals surface area contributed by atoms with E-state index in [2.05, 4.69) is 10.3 Å². The Morgan fingerprint density at radius 2 is 1.50 bits per heavy atom. The molecule has 9 N–H and O–H groups in total. The number of hydrogen-bond donors (Lipinski definition) is 5. The minimum absolute atomic E-state index is 0.0880. The highest BCUT2D eigenvalue weighted by atomic mass is 16.2. The van der Waals surface area contributed by atoms with E-state index in [1.54, 1.807) is 24.3 Å². The van der Waals surface area contributed by atoms with Crippen LogP contribution in [0.25, 0.3) is 0 Å². The summed E-state index contributed by atoms with van der Waals surface area (Å²) in [5, 5.41) is 2.65. The van der Waals surface area contributed by atoms with E-state index >= 15 is 0 Å². The van der Waals surface area contributed by atoms with Gasteiger partial charge in [-0.3, -0.25) is 24.3 Å². The minimum atomic E-state index is -1.15. The number of nitrogens with two attached hydrogens (primary N) is 4. The van der Waals surface area contributed by atoms with Gasteiger partial charge >= 0.3 is 0 Å². The number of aryl methyl sites for hydroxylation is 1. The number of carbonyl (C=O) groups excluding carboxylic acids is 4. The molecule has 0 spiro atoms. The van der Waals surface area contributed by atoms with Crippen LogP contribution in [0.5, 0.6) is 0 Å². The van der Waals surface area contributed by atoms with E-state index in [-0.39, 0.29) is 25.3 Å². The Hall–Kier alpha value is -4.09. The van der Waals surface area contributed by atoms with Crippen molar-refractivity contribution in [1.29, 1.82) is 0 Å². The number of nitrogens with one attached hydrogen (secondary N) is 1. The van der Waals surface area contributed by atoms with Crippen LogP contribution in [0.1, 0.15) is 43.7 Å². The summed E-state index contributed by atoms with van der Waals surface area (Å²) in [7, 11) is 0. The van der Waals surface area contributed by atoms with Crippen molar-refractivity contribution < 1.29 is 19.2 Å². The molecular weight excluding hydrogens is 510 g/mol. The number of aliphatic imine (C=N–C) groups is 1. The van der Waals surface area contributed by atoms with Crippen LogP contribution in [0.3, 0.4) is 0 Å². The van der Waals surface area contributed by atoms with E-state index in [4.69, 9.17) is 22.9 Å². The maximum absolute atomic E-state index is 14.0. The van der Waals surface area contributed by atoms with Crippen molar-refractivity contribution in [3.05, 3.63) is 71.8 Å². The zero-order valence-electron chi connectivity index (χ0n) is 22.9. The number of imide groups is 1. The second-order valence-electron chi connectivity index (χ2n) is 9.72. The molecule has 216 valence electrons. The quantitative estimate of drug-likeness (QED) is 0.0853. The molecule has 3 amide bonds. The third-order valence-corrected chi connectivity index (χ3v) is 6.37. The summed E-state index contributed by atoms with van der Waals surface area (Å²) >= 11 is 0. The molecule has 0 radical (unpaired) electrons. The maximum Gasteiger partial charge on any atom is 0.252 e. The predicted octanol–water partition coefficient (Wildman–Crippen LogP) is 0.388. The van der Waals surface area contributed by atoms with Gasteiger partial charge in [0.1, 0.15) is 12.3 Å². The third-order valence-electron chi connectivity index (χ3n) is 6.37. The molecule has 0 aromatic heterocycles. The van der Waals surface area contributed by atoms with Gasteiger partial charge in [-0.15, -0.1) is 0 Å². The van der Waals surface area contributed by atoms with Crippen LogP contribution in [0.4, 0.5) is 0 Å². The van der Waals surface area contributed by atoms with Crippen molar-refractivity contribution in [3.63, 3.8) is 0 Å². The Balaban J connectivity index is 2.31. The number of amides is 3. The fourth-order valence-electron chi connectivity index (χ4n) is 4.20. The topological polar surface area (TPSA) is 200 Å². The predicted molar refractivity (Wildman–Crippen MR) is 155 cm³/mol. The molecule has 0 aliphatic rings.